The summed E-state index contributed by atoms with van der Waals surface area (Å²) in [7, 11) is 0. The number of carbonyl (C=O) groups is 2. The third-order valence-corrected chi connectivity index (χ3v) is 7.13. The first-order valence-electron chi connectivity index (χ1n) is 12.8. The van der Waals surface area contributed by atoms with Crippen LogP contribution in [-0.4, -0.2) is 34.1 Å². The highest BCUT2D eigenvalue weighted by atomic mass is 16.4. The minimum absolute atomic E-state index is 0.0724. The van der Waals surface area contributed by atoms with Crippen LogP contribution in [0, 0.1) is 0 Å². The van der Waals surface area contributed by atoms with Gasteiger partial charge in [-0.1, -0.05) is 103 Å². The molecule has 5 rings (SSSR count). The number of rotatable bonds is 9. The molecule has 38 heavy (non-hydrogen) atoms. The average molecular weight is 506 g/mol. The Bertz CT molecular complexity index is 1320. The van der Waals surface area contributed by atoms with Gasteiger partial charge in [-0.2, -0.15) is 0 Å². The number of nitrogens with one attached hydrogen (secondary N) is 1. The maximum atomic E-state index is 14.1. The number of amides is 2. The first-order chi connectivity index (χ1) is 18.5. The fourth-order valence-electron chi connectivity index (χ4n) is 5.04. The zero-order chi connectivity index (χ0) is 26.5. The topological polar surface area (TPSA) is 95.7 Å². The van der Waals surface area contributed by atoms with E-state index in [1.807, 2.05) is 115 Å². The number of benzene rings is 4. The van der Waals surface area contributed by atoms with Gasteiger partial charge in [-0.15, -0.1) is 0 Å². The molecule has 1 saturated carbocycles. The molecule has 1 unspecified atom stereocenters. The van der Waals surface area contributed by atoms with E-state index in [-0.39, 0.29) is 12.6 Å². The number of hydrogen-bond donors (Lipinski definition) is 3. The molecule has 0 heterocycles. The van der Waals surface area contributed by atoms with Gasteiger partial charge >= 0.3 is 6.09 Å². The fourth-order valence-corrected chi connectivity index (χ4v) is 5.04. The van der Waals surface area contributed by atoms with Gasteiger partial charge in [0.1, 0.15) is 6.04 Å². The molecule has 1 aliphatic rings. The lowest BCUT2D eigenvalue weighted by molar-refractivity contribution is -0.121. The molecule has 0 aromatic heterocycles. The molecule has 192 valence electrons. The summed E-state index contributed by atoms with van der Waals surface area (Å²) < 4.78 is 0. The lowest BCUT2D eigenvalue weighted by atomic mass is 9.83. The zero-order valence-electron chi connectivity index (χ0n) is 21.0. The maximum absolute atomic E-state index is 14.1. The van der Waals surface area contributed by atoms with Gasteiger partial charge in [-0.25, -0.2) is 4.79 Å². The molecule has 1 fully saturated rings. The summed E-state index contributed by atoms with van der Waals surface area (Å²) in [6.45, 7) is 0.0724. The Balaban J connectivity index is 1.54. The van der Waals surface area contributed by atoms with Crippen molar-refractivity contribution in [2.24, 2.45) is 5.73 Å². The molecule has 4 aromatic rings. The number of hydrogen-bond acceptors (Lipinski definition) is 3. The van der Waals surface area contributed by atoms with Crippen molar-refractivity contribution < 1.29 is 14.7 Å². The van der Waals surface area contributed by atoms with Gasteiger partial charge in [-0.05, 0) is 40.8 Å². The van der Waals surface area contributed by atoms with Gasteiger partial charge in [0.25, 0.3) is 0 Å². The minimum atomic E-state index is -1.16. The van der Waals surface area contributed by atoms with Crippen LogP contribution in [0.3, 0.4) is 0 Å². The van der Waals surface area contributed by atoms with E-state index in [1.54, 1.807) is 0 Å². The Kier molecular flexibility index (Phi) is 7.52. The number of anilines is 1. The van der Waals surface area contributed by atoms with Gasteiger partial charge in [0.15, 0.2) is 0 Å². The molecule has 0 radical (unpaired) electrons. The third kappa shape index (κ3) is 5.76. The van der Waals surface area contributed by atoms with Gasteiger partial charge in [0.05, 0.1) is 0 Å². The predicted molar refractivity (Wildman–Crippen MR) is 149 cm³/mol. The molecule has 0 aliphatic heterocycles. The van der Waals surface area contributed by atoms with Crippen molar-refractivity contribution in [3.8, 4) is 0 Å². The molecule has 0 bridgehead atoms. The smallest absolute Gasteiger partial charge is 0.408 e. The number of carbonyl (C=O) groups excluding carboxylic acids is 1. The number of nitrogens with two attached hydrogens (primary N) is 1. The quantitative estimate of drug-likeness (QED) is 0.267. The molecule has 3 atom stereocenters. The normalized spacial score (nSPS) is 17.0. The molecular formula is C32H31N3O3. The van der Waals surface area contributed by atoms with E-state index in [2.05, 4.69) is 5.32 Å². The van der Waals surface area contributed by atoms with Crippen molar-refractivity contribution in [2.75, 3.05) is 5.32 Å². The number of carboxylic acid groups (broad SMARTS) is 1. The zero-order valence-corrected chi connectivity index (χ0v) is 21.0. The Labute approximate surface area is 222 Å². The second kappa shape index (κ2) is 11.3. The second-order valence-corrected chi connectivity index (χ2v) is 9.76. The van der Waals surface area contributed by atoms with E-state index >= 15 is 0 Å². The van der Waals surface area contributed by atoms with E-state index in [9.17, 15) is 14.7 Å². The standard InChI is InChI=1S/C32H31N3O3/c33-28-20-27(28)23-16-18-26(19-17-23)34-31(36)30(35(32(37)38)21-22-10-4-1-5-11-22)29(24-12-6-2-7-13-24)25-14-8-3-9-15-25/h1-19,27-30H,20-21,33H2,(H,34,36)(H,37,38)/t27-,28+,30?/m0/s1. The molecule has 0 spiro atoms. The molecular weight excluding hydrogens is 474 g/mol. The van der Waals surface area contributed by atoms with E-state index in [0.717, 1.165) is 28.7 Å². The minimum Gasteiger partial charge on any atom is -0.465 e. The SMILES string of the molecule is N[C@@H]1C[C@H]1c1ccc(NC(=O)C(C(c2ccccc2)c2ccccc2)N(Cc2ccccc2)C(=O)O)cc1. The van der Waals surface area contributed by atoms with Crippen molar-refractivity contribution in [3.05, 3.63) is 138 Å². The molecule has 6 heteroatoms. The summed E-state index contributed by atoms with van der Waals surface area (Å²) >= 11 is 0. The van der Waals surface area contributed by atoms with Crippen LogP contribution < -0.4 is 11.1 Å². The monoisotopic (exact) mass is 505 g/mol. The van der Waals surface area contributed by atoms with E-state index < -0.39 is 24.0 Å². The van der Waals surface area contributed by atoms with Gasteiger partial charge in [-0.3, -0.25) is 9.69 Å². The average Bonchev–Trinajstić information content (AvgIpc) is 3.68. The van der Waals surface area contributed by atoms with Crippen LogP contribution in [0.15, 0.2) is 115 Å². The lowest BCUT2D eigenvalue weighted by Crippen LogP contribution is -2.50. The second-order valence-electron chi connectivity index (χ2n) is 9.76. The van der Waals surface area contributed by atoms with Crippen LogP contribution in [0.4, 0.5) is 10.5 Å². The van der Waals surface area contributed by atoms with E-state index in [1.165, 1.54) is 4.90 Å². The largest absolute Gasteiger partial charge is 0.465 e. The summed E-state index contributed by atoms with van der Waals surface area (Å²) in [5, 5.41) is 13.4. The Morgan fingerprint density at radius 3 is 1.79 bits per heavy atom. The van der Waals surface area contributed by atoms with Crippen molar-refractivity contribution in [2.45, 2.75) is 36.9 Å². The van der Waals surface area contributed by atoms with Crippen LogP contribution in [0.5, 0.6) is 0 Å². The molecule has 6 nitrogen and oxygen atoms in total. The van der Waals surface area contributed by atoms with Crippen LogP contribution in [0.25, 0.3) is 0 Å². The fraction of sp³-hybridized carbons (Fsp3) is 0.188. The van der Waals surface area contributed by atoms with Gasteiger partial charge in [0, 0.05) is 30.1 Å². The van der Waals surface area contributed by atoms with E-state index in [4.69, 9.17) is 5.73 Å². The summed E-state index contributed by atoms with van der Waals surface area (Å²) in [6, 6.07) is 35.4. The van der Waals surface area contributed by atoms with Crippen LogP contribution in [-0.2, 0) is 11.3 Å². The van der Waals surface area contributed by atoms with Crippen LogP contribution in [0.2, 0.25) is 0 Å². The Hall–Kier alpha value is -4.42. The summed E-state index contributed by atoms with van der Waals surface area (Å²) in [5.41, 5.74) is 10.3. The Morgan fingerprint density at radius 1 is 0.816 bits per heavy atom. The third-order valence-electron chi connectivity index (χ3n) is 7.13. The van der Waals surface area contributed by atoms with Gasteiger partial charge < -0.3 is 16.2 Å². The molecule has 4 aromatic carbocycles. The predicted octanol–water partition coefficient (Wildman–Crippen LogP) is 5.82. The molecule has 0 saturated heterocycles. The first-order valence-corrected chi connectivity index (χ1v) is 12.8. The highest BCUT2D eigenvalue weighted by Crippen LogP contribution is 2.39. The summed E-state index contributed by atoms with van der Waals surface area (Å²) in [4.78, 5) is 28.1. The molecule has 2 amide bonds. The first kappa shape index (κ1) is 25.2. The Morgan fingerprint density at radius 2 is 1.32 bits per heavy atom. The van der Waals surface area contributed by atoms with Crippen molar-refractivity contribution in [3.63, 3.8) is 0 Å². The maximum Gasteiger partial charge on any atom is 0.408 e. The highest BCUT2D eigenvalue weighted by molar-refractivity contribution is 5.97. The summed E-state index contributed by atoms with van der Waals surface area (Å²) in [6.07, 6.45) is -0.194. The van der Waals surface area contributed by atoms with Gasteiger partial charge in [0.2, 0.25) is 5.91 Å². The van der Waals surface area contributed by atoms with Crippen molar-refractivity contribution in [1.82, 2.24) is 4.90 Å². The van der Waals surface area contributed by atoms with E-state index in [0.29, 0.717) is 11.6 Å². The number of nitrogens with zero attached hydrogens (tertiary/aromatic N) is 1. The van der Waals surface area contributed by atoms with Crippen molar-refractivity contribution >= 4 is 17.7 Å². The molecule has 4 N–H and O–H groups in total. The summed E-state index contributed by atoms with van der Waals surface area (Å²) in [5.74, 6) is -0.556. The lowest BCUT2D eigenvalue weighted by Gasteiger charge is -2.35. The molecule has 1 aliphatic carbocycles. The van der Waals surface area contributed by atoms with Crippen molar-refractivity contribution in [1.29, 1.82) is 0 Å². The highest BCUT2D eigenvalue weighted by Gasteiger charge is 2.39. The van der Waals surface area contributed by atoms with Crippen LogP contribution >= 0.6 is 0 Å². The van der Waals surface area contributed by atoms with Crippen LogP contribution in [0.1, 0.15) is 40.5 Å².